The molecule has 0 fully saturated rings. The first-order valence-electron chi connectivity index (χ1n) is 2.28. The molecule has 0 aliphatic heterocycles. The smallest absolute Gasteiger partial charge is 0.766 e. The second kappa shape index (κ2) is 4.25. The van der Waals surface area contributed by atoms with Crippen LogP contribution in [-0.4, -0.2) is 18.3 Å². The van der Waals surface area contributed by atoms with E-state index in [1.807, 2.05) is 0 Å². The number of imidazole rings is 1. The van der Waals surface area contributed by atoms with Crippen molar-refractivity contribution in [2.75, 3.05) is 0 Å². The Bertz CT molecular complexity index is 237. The number of nitrogens with zero attached hydrogens (tertiary/aromatic N) is 2. The van der Waals surface area contributed by atoms with Crippen molar-refractivity contribution in [3.8, 4) is 0 Å². The predicted octanol–water partition coefficient (Wildman–Crippen LogP) is -3.34. The fraction of sp³-hybridized carbons (Fsp3) is 0.250. The minimum absolute atomic E-state index is 0. The van der Waals surface area contributed by atoms with Gasteiger partial charge < -0.3 is 9.12 Å². The van der Waals surface area contributed by atoms with Crippen molar-refractivity contribution in [3.63, 3.8) is 0 Å². The molecular weight excluding hydrogens is 163 g/mol. The van der Waals surface area contributed by atoms with E-state index in [9.17, 15) is 8.76 Å². The maximum Gasteiger partial charge on any atom is 1.00 e. The van der Waals surface area contributed by atoms with Crippen LogP contribution in [0.5, 0.6) is 0 Å². The molecule has 1 atom stereocenters. The van der Waals surface area contributed by atoms with Crippen LogP contribution in [0.4, 0.5) is 0 Å². The van der Waals surface area contributed by atoms with E-state index in [1.54, 1.807) is 13.2 Å². The van der Waals surface area contributed by atoms with Gasteiger partial charge >= 0.3 is 29.6 Å². The maximum absolute atomic E-state index is 10.2. The first kappa shape index (κ1) is 10.3. The third-order valence-electron chi connectivity index (χ3n) is 0.926. The van der Waals surface area contributed by atoms with Crippen LogP contribution in [-0.2, 0) is 18.1 Å². The van der Waals surface area contributed by atoms with Crippen LogP contribution in [0, 0.1) is 0 Å². The Kier molecular flexibility index (Phi) is 4.39. The van der Waals surface area contributed by atoms with Crippen LogP contribution < -0.4 is 29.6 Å². The summed E-state index contributed by atoms with van der Waals surface area (Å²) in [5.41, 5.74) is 0. The van der Waals surface area contributed by atoms with Crippen molar-refractivity contribution in [1.82, 2.24) is 9.55 Å². The summed E-state index contributed by atoms with van der Waals surface area (Å²) in [5.74, 6) is 0. The average Bonchev–Trinajstić information content (AvgIpc) is 2.13. The molecule has 0 aromatic carbocycles. The molecule has 0 bridgehead atoms. The van der Waals surface area contributed by atoms with Crippen molar-refractivity contribution < 1.29 is 38.3 Å². The maximum atomic E-state index is 10.2. The largest absolute Gasteiger partial charge is 1.00 e. The van der Waals surface area contributed by atoms with Crippen molar-refractivity contribution in [2.24, 2.45) is 7.05 Å². The van der Waals surface area contributed by atoms with Crippen LogP contribution in [0.2, 0.25) is 0 Å². The molecule has 0 aliphatic carbocycles. The molecule has 1 heterocycles. The Morgan fingerprint density at radius 1 is 1.80 bits per heavy atom. The van der Waals surface area contributed by atoms with Crippen molar-refractivity contribution in [3.05, 3.63) is 12.4 Å². The van der Waals surface area contributed by atoms with Gasteiger partial charge in [0.2, 0.25) is 0 Å². The molecule has 0 aliphatic rings. The zero-order valence-electron chi connectivity index (χ0n) is 5.77. The SMILES string of the molecule is Cn1ccnc1S(=O)[O-].[Na+]. The number of hydrogen-bond acceptors (Lipinski definition) is 3. The van der Waals surface area contributed by atoms with Gasteiger partial charge in [-0.25, -0.2) is 4.98 Å². The molecule has 1 unspecified atom stereocenters. The monoisotopic (exact) mass is 168 g/mol. The molecule has 0 amide bonds. The van der Waals surface area contributed by atoms with Crippen LogP contribution in [0.15, 0.2) is 17.6 Å². The molecule has 0 saturated heterocycles. The molecule has 50 valence electrons. The van der Waals surface area contributed by atoms with Gasteiger partial charge in [0.1, 0.15) is 0 Å². The minimum atomic E-state index is -2.21. The predicted molar refractivity (Wildman–Crippen MR) is 30.4 cm³/mol. The summed E-state index contributed by atoms with van der Waals surface area (Å²) in [4.78, 5) is 3.57. The van der Waals surface area contributed by atoms with Gasteiger partial charge in [-0.15, -0.1) is 0 Å². The Morgan fingerprint density at radius 2 is 2.40 bits per heavy atom. The van der Waals surface area contributed by atoms with Crippen molar-refractivity contribution in [1.29, 1.82) is 0 Å². The van der Waals surface area contributed by atoms with Gasteiger partial charge in [0.15, 0.2) is 5.16 Å². The molecule has 10 heavy (non-hydrogen) atoms. The Hall–Kier alpha value is 0.320. The van der Waals surface area contributed by atoms with Gasteiger partial charge in [0.05, 0.1) is 0 Å². The van der Waals surface area contributed by atoms with Crippen molar-refractivity contribution >= 4 is 11.1 Å². The van der Waals surface area contributed by atoms with E-state index in [-0.39, 0.29) is 34.7 Å². The Balaban J connectivity index is 0.000000810. The summed E-state index contributed by atoms with van der Waals surface area (Å²) < 4.78 is 21.8. The summed E-state index contributed by atoms with van der Waals surface area (Å²) in [6.45, 7) is 0. The molecule has 1 rings (SSSR count). The molecule has 1 aromatic rings. The fourth-order valence-electron chi connectivity index (χ4n) is 0.513. The minimum Gasteiger partial charge on any atom is -0.766 e. The summed E-state index contributed by atoms with van der Waals surface area (Å²) in [7, 11) is 1.62. The van der Waals surface area contributed by atoms with E-state index >= 15 is 0 Å². The van der Waals surface area contributed by atoms with Crippen LogP contribution in [0.25, 0.3) is 0 Å². The Morgan fingerprint density at radius 3 is 2.60 bits per heavy atom. The summed E-state index contributed by atoms with van der Waals surface area (Å²) in [6, 6.07) is 0. The summed E-state index contributed by atoms with van der Waals surface area (Å²) in [5, 5.41) is 0.0648. The third kappa shape index (κ3) is 2.17. The van der Waals surface area contributed by atoms with Crippen LogP contribution >= 0.6 is 0 Å². The van der Waals surface area contributed by atoms with Gasteiger partial charge in [-0.1, -0.05) is 0 Å². The third-order valence-corrected chi connectivity index (χ3v) is 1.62. The molecule has 6 heteroatoms. The first-order valence-corrected chi connectivity index (χ1v) is 3.36. The van der Waals surface area contributed by atoms with Gasteiger partial charge in [-0.3, -0.25) is 4.21 Å². The van der Waals surface area contributed by atoms with Gasteiger partial charge in [-0.2, -0.15) is 0 Å². The molecule has 0 spiro atoms. The molecule has 4 nitrogen and oxygen atoms in total. The van der Waals surface area contributed by atoms with Gasteiger partial charge in [0, 0.05) is 30.5 Å². The van der Waals surface area contributed by atoms with Crippen molar-refractivity contribution in [2.45, 2.75) is 5.16 Å². The van der Waals surface area contributed by atoms with Crippen LogP contribution in [0.1, 0.15) is 0 Å². The van der Waals surface area contributed by atoms with E-state index in [0.717, 1.165) is 0 Å². The van der Waals surface area contributed by atoms with Gasteiger partial charge in [0.25, 0.3) is 0 Å². The molecular formula is C4H5N2NaO2S. The normalized spacial score (nSPS) is 12.2. The van der Waals surface area contributed by atoms with E-state index in [1.165, 1.54) is 10.8 Å². The van der Waals surface area contributed by atoms with E-state index in [4.69, 9.17) is 0 Å². The first-order chi connectivity index (χ1) is 4.22. The molecule has 1 aromatic heterocycles. The van der Waals surface area contributed by atoms with E-state index in [2.05, 4.69) is 4.98 Å². The summed E-state index contributed by atoms with van der Waals surface area (Å²) >= 11 is -2.21. The zero-order chi connectivity index (χ0) is 6.85. The van der Waals surface area contributed by atoms with Crippen LogP contribution in [0.3, 0.4) is 0 Å². The van der Waals surface area contributed by atoms with E-state index < -0.39 is 11.1 Å². The summed E-state index contributed by atoms with van der Waals surface area (Å²) in [6.07, 6.45) is 3.01. The number of hydrogen-bond donors (Lipinski definition) is 0. The fourth-order valence-corrected chi connectivity index (χ4v) is 0.955. The topological polar surface area (TPSA) is 58.0 Å². The average molecular weight is 168 g/mol. The zero-order valence-corrected chi connectivity index (χ0v) is 8.59. The Labute approximate surface area is 83.2 Å². The molecule has 0 saturated carbocycles. The standard InChI is InChI=1S/C4H6N2O2S.Na/c1-6-3-2-5-4(6)9(7)8;/h2-3H,1H3,(H,7,8);/q;+1/p-1. The van der Waals surface area contributed by atoms with E-state index in [0.29, 0.717) is 0 Å². The number of aryl methyl sites for hydroxylation is 1. The number of aromatic nitrogens is 2. The second-order valence-corrected chi connectivity index (χ2v) is 2.39. The second-order valence-electron chi connectivity index (χ2n) is 1.56. The molecule has 0 N–H and O–H groups in total. The molecule has 0 radical (unpaired) electrons. The number of rotatable bonds is 1. The quantitative estimate of drug-likeness (QED) is 0.325. The van der Waals surface area contributed by atoms with Gasteiger partial charge in [-0.05, 0) is 0 Å².